The van der Waals surface area contributed by atoms with Crippen LogP contribution in [0.25, 0.3) is 0 Å². The third-order valence-electron chi connectivity index (χ3n) is 4.46. The molecule has 1 aliphatic rings. The van der Waals surface area contributed by atoms with E-state index in [4.69, 9.17) is 0 Å². The Morgan fingerprint density at radius 2 is 1.92 bits per heavy atom. The summed E-state index contributed by atoms with van der Waals surface area (Å²) in [5.74, 6) is -0.788. The summed E-state index contributed by atoms with van der Waals surface area (Å²) in [6, 6.07) is 5.32. The van der Waals surface area contributed by atoms with Crippen LogP contribution in [0, 0.1) is 11.7 Å². The van der Waals surface area contributed by atoms with E-state index in [1.807, 2.05) is 6.92 Å². The summed E-state index contributed by atoms with van der Waals surface area (Å²) in [7, 11) is 0. The lowest BCUT2D eigenvalue weighted by molar-refractivity contribution is -0.135. The molecule has 1 saturated heterocycles. The van der Waals surface area contributed by atoms with Gasteiger partial charge in [0.2, 0.25) is 11.8 Å². The summed E-state index contributed by atoms with van der Waals surface area (Å²) in [4.78, 5) is 37.9. The minimum atomic E-state index is -0.389. The number of amides is 3. The van der Waals surface area contributed by atoms with Crippen LogP contribution in [0.4, 0.5) is 4.39 Å². The number of piperidine rings is 1. The highest BCUT2D eigenvalue weighted by atomic mass is 19.1. The van der Waals surface area contributed by atoms with Crippen LogP contribution < -0.4 is 10.6 Å². The van der Waals surface area contributed by atoms with Crippen LogP contribution in [0.2, 0.25) is 0 Å². The normalized spacial score (nSPS) is 16.8. The van der Waals surface area contributed by atoms with Crippen LogP contribution in [0.15, 0.2) is 24.3 Å². The second-order valence-electron chi connectivity index (χ2n) is 6.44. The Bertz CT molecular complexity index is 633. The highest BCUT2D eigenvalue weighted by molar-refractivity contribution is 5.94. The van der Waals surface area contributed by atoms with Gasteiger partial charge in [-0.25, -0.2) is 4.39 Å². The molecular weight excluding hydrogens is 337 g/mol. The Morgan fingerprint density at radius 3 is 2.62 bits per heavy atom. The monoisotopic (exact) mass is 363 g/mol. The fourth-order valence-corrected chi connectivity index (χ4v) is 3.04. The lowest BCUT2D eigenvalue weighted by Gasteiger charge is -2.32. The fourth-order valence-electron chi connectivity index (χ4n) is 3.04. The Hall–Kier alpha value is -2.44. The Kier molecular flexibility index (Phi) is 7.56. The van der Waals surface area contributed by atoms with Gasteiger partial charge in [-0.05, 0) is 50.5 Å². The molecule has 142 valence electrons. The first-order chi connectivity index (χ1) is 12.5. The van der Waals surface area contributed by atoms with Crippen molar-refractivity contribution in [2.24, 2.45) is 5.92 Å². The molecule has 26 heavy (non-hydrogen) atoms. The van der Waals surface area contributed by atoms with E-state index >= 15 is 0 Å². The molecule has 0 spiro atoms. The van der Waals surface area contributed by atoms with E-state index in [9.17, 15) is 18.8 Å². The van der Waals surface area contributed by atoms with Gasteiger partial charge in [-0.1, -0.05) is 0 Å². The molecule has 3 amide bonds. The largest absolute Gasteiger partial charge is 0.356 e. The average molecular weight is 363 g/mol. The van der Waals surface area contributed by atoms with Crippen LogP contribution >= 0.6 is 0 Å². The van der Waals surface area contributed by atoms with Crippen molar-refractivity contribution in [2.45, 2.75) is 32.6 Å². The Labute approximate surface area is 153 Å². The number of likely N-dealkylation sites (tertiary alicyclic amines) is 1. The molecule has 0 aromatic heterocycles. The first-order valence-corrected chi connectivity index (χ1v) is 9.10. The second-order valence-corrected chi connectivity index (χ2v) is 6.44. The topological polar surface area (TPSA) is 78.5 Å². The average Bonchev–Trinajstić information content (AvgIpc) is 2.65. The van der Waals surface area contributed by atoms with Crippen molar-refractivity contribution in [3.05, 3.63) is 35.6 Å². The summed E-state index contributed by atoms with van der Waals surface area (Å²) in [5.41, 5.74) is 0.388. The van der Waals surface area contributed by atoms with E-state index in [2.05, 4.69) is 10.6 Å². The third-order valence-corrected chi connectivity index (χ3v) is 4.46. The molecule has 0 aliphatic carbocycles. The number of carbonyl (C=O) groups excluding carboxylic acids is 3. The number of benzene rings is 1. The standard InChI is InChI=1S/C19H26FN3O3/c1-2-21-19(26)15-5-4-12-23(13-15)17(24)6-3-11-22-18(25)14-7-9-16(20)10-8-14/h7-10,15H,2-6,11-13H2,1H3,(H,21,26)(H,22,25). The smallest absolute Gasteiger partial charge is 0.251 e. The van der Waals surface area contributed by atoms with Crippen molar-refractivity contribution in [2.75, 3.05) is 26.2 Å². The van der Waals surface area contributed by atoms with E-state index in [1.54, 1.807) is 4.90 Å². The Balaban J connectivity index is 1.70. The maximum absolute atomic E-state index is 12.8. The number of halogens is 1. The molecule has 1 aromatic carbocycles. The summed E-state index contributed by atoms with van der Waals surface area (Å²) in [6.45, 7) is 3.99. The number of rotatable bonds is 7. The predicted molar refractivity (Wildman–Crippen MR) is 96.0 cm³/mol. The van der Waals surface area contributed by atoms with Crippen LogP contribution in [-0.4, -0.2) is 48.8 Å². The molecule has 7 heteroatoms. The zero-order valence-corrected chi connectivity index (χ0v) is 15.1. The molecule has 0 radical (unpaired) electrons. The first kappa shape index (κ1) is 19.9. The zero-order valence-electron chi connectivity index (χ0n) is 15.1. The highest BCUT2D eigenvalue weighted by Crippen LogP contribution is 2.17. The molecule has 2 N–H and O–H groups in total. The molecule has 0 saturated carbocycles. The van der Waals surface area contributed by atoms with Crippen molar-refractivity contribution < 1.29 is 18.8 Å². The molecule has 1 aliphatic heterocycles. The maximum atomic E-state index is 12.8. The van der Waals surface area contributed by atoms with Gasteiger partial charge in [-0.15, -0.1) is 0 Å². The molecule has 1 atom stereocenters. The molecule has 1 fully saturated rings. The quantitative estimate of drug-likeness (QED) is 0.724. The molecule has 0 bridgehead atoms. The van der Waals surface area contributed by atoms with Crippen molar-refractivity contribution in [1.29, 1.82) is 0 Å². The summed E-state index contributed by atoms with van der Waals surface area (Å²) >= 11 is 0. The molecule has 6 nitrogen and oxygen atoms in total. The number of hydrogen-bond acceptors (Lipinski definition) is 3. The van der Waals surface area contributed by atoms with Gasteiger partial charge >= 0.3 is 0 Å². The van der Waals surface area contributed by atoms with E-state index < -0.39 is 0 Å². The van der Waals surface area contributed by atoms with E-state index in [0.29, 0.717) is 44.6 Å². The van der Waals surface area contributed by atoms with E-state index in [1.165, 1.54) is 24.3 Å². The molecule has 2 rings (SSSR count). The van der Waals surface area contributed by atoms with Crippen molar-refractivity contribution >= 4 is 17.7 Å². The van der Waals surface area contributed by atoms with Crippen LogP contribution in [-0.2, 0) is 9.59 Å². The van der Waals surface area contributed by atoms with Crippen molar-refractivity contribution in [1.82, 2.24) is 15.5 Å². The molecule has 1 heterocycles. The first-order valence-electron chi connectivity index (χ1n) is 9.10. The SMILES string of the molecule is CCNC(=O)C1CCCN(C(=O)CCCNC(=O)c2ccc(F)cc2)C1. The van der Waals surface area contributed by atoms with Gasteiger partial charge in [0.25, 0.3) is 5.91 Å². The molecule has 1 unspecified atom stereocenters. The lowest BCUT2D eigenvalue weighted by Crippen LogP contribution is -2.45. The number of carbonyl (C=O) groups is 3. The minimum Gasteiger partial charge on any atom is -0.356 e. The van der Waals surface area contributed by atoms with Crippen LogP contribution in [0.5, 0.6) is 0 Å². The fraction of sp³-hybridized carbons (Fsp3) is 0.526. The third kappa shape index (κ3) is 5.82. The van der Waals surface area contributed by atoms with E-state index in [0.717, 1.165) is 12.8 Å². The summed E-state index contributed by atoms with van der Waals surface area (Å²) in [5, 5.41) is 5.53. The van der Waals surface area contributed by atoms with Gasteiger partial charge in [0, 0.05) is 38.2 Å². The number of nitrogens with zero attached hydrogens (tertiary/aromatic N) is 1. The summed E-state index contributed by atoms with van der Waals surface area (Å²) in [6.07, 6.45) is 2.48. The molecule has 1 aromatic rings. The van der Waals surface area contributed by atoms with Gasteiger partial charge in [0.15, 0.2) is 0 Å². The van der Waals surface area contributed by atoms with Crippen molar-refractivity contribution in [3.63, 3.8) is 0 Å². The lowest BCUT2D eigenvalue weighted by atomic mass is 9.96. The highest BCUT2D eigenvalue weighted by Gasteiger charge is 2.27. The Morgan fingerprint density at radius 1 is 1.19 bits per heavy atom. The zero-order chi connectivity index (χ0) is 18.9. The van der Waals surface area contributed by atoms with Crippen LogP contribution in [0.1, 0.15) is 43.0 Å². The van der Waals surface area contributed by atoms with Gasteiger partial charge in [0.05, 0.1) is 5.92 Å². The van der Waals surface area contributed by atoms with Crippen LogP contribution in [0.3, 0.4) is 0 Å². The maximum Gasteiger partial charge on any atom is 0.251 e. The molecular formula is C19H26FN3O3. The summed E-state index contributed by atoms with van der Waals surface area (Å²) < 4.78 is 12.8. The predicted octanol–water partition coefficient (Wildman–Crippen LogP) is 1.71. The number of hydrogen-bond donors (Lipinski definition) is 2. The van der Waals surface area contributed by atoms with Crippen molar-refractivity contribution in [3.8, 4) is 0 Å². The van der Waals surface area contributed by atoms with Gasteiger partial charge in [-0.2, -0.15) is 0 Å². The van der Waals surface area contributed by atoms with Gasteiger partial charge < -0.3 is 15.5 Å². The second kappa shape index (κ2) is 9.89. The minimum absolute atomic E-state index is 0.00929. The van der Waals surface area contributed by atoms with E-state index in [-0.39, 0.29) is 29.5 Å². The number of nitrogens with one attached hydrogen (secondary N) is 2. The van der Waals surface area contributed by atoms with Gasteiger partial charge in [0.1, 0.15) is 5.82 Å². The van der Waals surface area contributed by atoms with Gasteiger partial charge in [-0.3, -0.25) is 14.4 Å².